The van der Waals surface area contributed by atoms with Gasteiger partial charge in [0, 0.05) is 32.6 Å². The van der Waals surface area contributed by atoms with Crippen LogP contribution in [0.3, 0.4) is 0 Å². The molecule has 0 spiro atoms. The van der Waals surface area contributed by atoms with Crippen molar-refractivity contribution in [2.45, 2.75) is 18.9 Å². The van der Waals surface area contributed by atoms with Crippen LogP contribution >= 0.6 is 11.6 Å². The Bertz CT molecular complexity index is 368. The van der Waals surface area contributed by atoms with Gasteiger partial charge in [0.15, 0.2) is 0 Å². The summed E-state index contributed by atoms with van der Waals surface area (Å²) >= 11 is 6.14. The highest BCUT2D eigenvalue weighted by atomic mass is 35.5. The van der Waals surface area contributed by atoms with Crippen LogP contribution in [0.4, 0.5) is 5.69 Å². The van der Waals surface area contributed by atoms with E-state index in [1.54, 1.807) is 19.5 Å². The first-order valence-electron chi connectivity index (χ1n) is 6.26. The minimum Gasteiger partial charge on any atom is -0.382 e. The number of anilines is 1. The standard InChI is InChI=1S/C13H19ClN2O2/c1-17-8-9-18-11-3-6-16(7-4-11)13-2-5-15-10-12(13)14/h2,5,10-11H,3-4,6-9H2,1H3. The summed E-state index contributed by atoms with van der Waals surface area (Å²) in [7, 11) is 1.69. The number of hydrogen-bond donors (Lipinski definition) is 0. The average molecular weight is 271 g/mol. The second-order valence-corrected chi connectivity index (χ2v) is 4.78. The van der Waals surface area contributed by atoms with Crippen LogP contribution in [-0.2, 0) is 9.47 Å². The maximum atomic E-state index is 6.14. The molecule has 0 radical (unpaired) electrons. The molecule has 1 aliphatic rings. The Balaban J connectivity index is 1.81. The Morgan fingerprint density at radius 2 is 2.17 bits per heavy atom. The van der Waals surface area contributed by atoms with Crippen molar-refractivity contribution in [1.29, 1.82) is 0 Å². The van der Waals surface area contributed by atoms with E-state index < -0.39 is 0 Å². The molecule has 0 unspecified atom stereocenters. The maximum absolute atomic E-state index is 6.14. The smallest absolute Gasteiger partial charge is 0.0822 e. The van der Waals surface area contributed by atoms with Gasteiger partial charge in [-0.3, -0.25) is 4.98 Å². The average Bonchev–Trinajstić information content (AvgIpc) is 2.41. The molecule has 0 atom stereocenters. The number of ether oxygens (including phenoxy) is 2. The van der Waals surface area contributed by atoms with Crippen molar-refractivity contribution in [3.63, 3.8) is 0 Å². The zero-order valence-corrected chi connectivity index (χ0v) is 11.4. The molecule has 0 amide bonds. The van der Waals surface area contributed by atoms with Gasteiger partial charge < -0.3 is 14.4 Å². The van der Waals surface area contributed by atoms with Crippen molar-refractivity contribution in [1.82, 2.24) is 4.98 Å². The molecule has 100 valence electrons. The quantitative estimate of drug-likeness (QED) is 0.770. The first-order valence-corrected chi connectivity index (χ1v) is 6.64. The predicted octanol–water partition coefficient (Wildman–Crippen LogP) is 2.37. The Kier molecular flexibility index (Phi) is 5.23. The third-order valence-electron chi connectivity index (χ3n) is 3.17. The van der Waals surface area contributed by atoms with Gasteiger partial charge in [0.25, 0.3) is 0 Å². The van der Waals surface area contributed by atoms with Crippen molar-refractivity contribution in [3.05, 3.63) is 23.5 Å². The molecule has 1 aromatic heterocycles. The fourth-order valence-corrected chi connectivity index (χ4v) is 2.42. The second kappa shape index (κ2) is 6.92. The molecule has 0 bridgehead atoms. The van der Waals surface area contributed by atoms with Crippen molar-refractivity contribution < 1.29 is 9.47 Å². The van der Waals surface area contributed by atoms with Crippen molar-refractivity contribution in [2.75, 3.05) is 38.3 Å². The Labute approximate surface area is 113 Å². The first kappa shape index (κ1) is 13.6. The zero-order valence-electron chi connectivity index (χ0n) is 10.6. The van der Waals surface area contributed by atoms with E-state index in [2.05, 4.69) is 9.88 Å². The highest BCUT2D eigenvalue weighted by Gasteiger charge is 2.20. The lowest BCUT2D eigenvalue weighted by Crippen LogP contribution is -2.37. The molecular formula is C13H19ClN2O2. The van der Waals surface area contributed by atoms with Crippen LogP contribution in [0.25, 0.3) is 0 Å². The van der Waals surface area contributed by atoms with Crippen molar-refractivity contribution >= 4 is 17.3 Å². The molecule has 0 saturated carbocycles. The maximum Gasteiger partial charge on any atom is 0.0822 e. The topological polar surface area (TPSA) is 34.6 Å². The molecule has 1 aromatic rings. The fourth-order valence-electron chi connectivity index (χ4n) is 2.19. The summed E-state index contributed by atoms with van der Waals surface area (Å²) in [6.45, 7) is 3.29. The predicted molar refractivity (Wildman–Crippen MR) is 72.3 cm³/mol. The normalized spacial score (nSPS) is 17.1. The number of piperidine rings is 1. The van der Waals surface area contributed by atoms with Crippen molar-refractivity contribution in [2.24, 2.45) is 0 Å². The van der Waals surface area contributed by atoms with Gasteiger partial charge in [-0.05, 0) is 18.9 Å². The van der Waals surface area contributed by atoms with E-state index in [4.69, 9.17) is 21.1 Å². The molecular weight excluding hydrogens is 252 g/mol. The van der Waals surface area contributed by atoms with E-state index in [0.29, 0.717) is 19.3 Å². The number of rotatable bonds is 5. The monoisotopic (exact) mass is 270 g/mol. The van der Waals surface area contributed by atoms with Crippen molar-refractivity contribution in [3.8, 4) is 0 Å². The third kappa shape index (κ3) is 3.57. The van der Waals surface area contributed by atoms with Crippen LogP contribution in [0.5, 0.6) is 0 Å². The molecule has 2 rings (SSSR count). The summed E-state index contributed by atoms with van der Waals surface area (Å²) in [5.41, 5.74) is 1.07. The number of hydrogen-bond acceptors (Lipinski definition) is 4. The molecule has 2 heterocycles. The molecule has 0 aliphatic carbocycles. The van der Waals surface area contributed by atoms with Gasteiger partial charge in [-0.15, -0.1) is 0 Å². The van der Waals surface area contributed by atoms with Crippen LogP contribution in [-0.4, -0.2) is 44.5 Å². The Morgan fingerprint density at radius 3 is 2.83 bits per heavy atom. The number of nitrogens with zero attached hydrogens (tertiary/aromatic N) is 2. The molecule has 0 N–H and O–H groups in total. The summed E-state index contributed by atoms with van der Waals surface area (Å²) in [5, 5.41) is 0.719. The summed E-state index contributed by atoms with van der Waals surface area (Å²) < 4.78 is 10.7. The van der Waals surface area contributed by atoms with Gasteiger partial charge in [-0.1, -0.05) is 11.6 Å². The van der Waals surface area contributed by atoms with Gasteiger partial charge in [0.1, 0.15) is 0 Å². The van der Waals surface area contributed by atoms with Gasteiger partial charge in [0.05, 0.1) is 30.0 Å². The Hall–Kier alpha value is -0.840. The lowest BCUT2D eigenvalue weighted by Gasteiger charge is -2.33. The minimum atomic E-state index is 0.344. The van der Waals surface area contributed by atoms with Gasteiger partial charge in [-0.2, -0.15) is 0 Å². The third-order valence-corrected chi connectivity index (χ3v) is 3.47. The van der Waals surface area contributed by atoms with Crippen LogP contribution in [0.2, 0.25) is 5.02 Å². The number of aromatic nitrogens is 1. The van der Waals surface area contributed by atoms with Gasteiger partial charge in [-0.25, -0.2) is 0 Å². The van der Waals surface area contributed by atoms with Crippen LogP contribution < -0.4 is 4.90 Å². The second-order valence-electron chi connectivity index (χ2n) is 4.38. The number of halogens is 1. The summed E-state index contributed by atoms with van der Waals surface area (Å²) in [6, 6.07) is 1.97. The fraction of sp³-hybridized carbons (Fsp3) is 0.615. The van der Waals surface area contributed by atoms with Crippen LogP contribution in [0.15, 0.2) is 18.5 Å². The molecule has 18 heavy (non-hydrogen) atoms. The molecule has 1 aliphatic heterocycles. The molecule has 4 nitrogen and oxygen atoms in total. The van der Waals surface area contributed by atoms with Crippen LogP contribution in [0, 0.1) is 0 Å². The Morgan fingerprint density at radius 1 is 1.39 bits per heavy atom. The van der Waals surface area contributed by atoms with E-state index in [-0.39, 0.29) is 0 Å². The van der Waals surface area contributed by atoms with E-state index in [0.717, 1.165) is 36.6 Å². The van der Waals surface area contributed by atoms with Gasteiger partial charge >= 0.3 is 0 Å². The number of methoxy groups -OCH3 is 1. The zero-order chi connectivity index (χ0) is 12.8. The van der Waals surface area contributed by atoms with E-state index in [9.17, 15) is 0 Å². The van der Waals surface area contributed by atoms with E-state index in [1.807, 2.05) is 6.07 Å². The number of pyridine rings is 1. The van der Waals surface area contributed by atoms with Gasteiger partial charge in [0.2, 0.25) is 0 Å². The summed E-state index contributed by atoms with van der Waals surface area (Å²) in [6.07, 6.45) is 5.88. The minimum absolute atomic E-state index is 0.344. The summed E-state index contributed by atoms with van der Waals surface area (Å²) in [4.78, 5) is 6.30. The first-order chi connectivity index (χ1) is 8.81. The molecule has 0 aromatic carbocycles. The highest BCUT2D eigenvalue weighted by Crippen LogP contribution is 2.27. The van der Waals surface area contributed by atoms with E-state index in [1.165, 1.54) is 0 Å². The summed E-state index contributed by atoms with van der Waals surface area (Å²) in [5.74, 6) is 0. The lowest BCUT2D eigenvalue weighted by atomic mass is 10.1. The molecule has 5 heteroatoms. The highest BCUT2D eigenvalue weighted by molar-refractivity contribution is 6.33. The van der Waals surface area contributed by atoms with Crippen LogP contribution in [0.1, 0.15) is 12.8 Å². The SMILES string of the molecule is COCCOC1CCN(c2ccncc2Cl)CC1. The molecule has 1 saturated heterocycles. The molecule has 1 fully saturated rings. The lowest BCUT2D eigenvalue weighted by molar-refractivity contribution is 0.00610. The largest absolute Gasteiger partial charge is 0.382 e. The van der Waals surface area contributed by atoms with E-state index >= 15 is 0 Å².